The minimum atomic E-state index is 0.533. The lowest BCUT2D eigenvalue weighted by atomic mass is 10.1. The monoisotopic (exact) mass is 310 g/mol. The van der Waals surface area contributed by atoms with Gasteiger partial charge in [0.1, 0.15) is 0 Å². The van der Waals surface area contributed by atoms with E-state index in [4.69, 9.17) is 32.7 Å². The van der Waals surface area contributed by atoms with Crippen LogP contribution in [0.3, 0.4) is 0 Å². The second-order valence-corrected chi connectivity index (χ2v) is 5.06. The first-order valence-corrected chi connectivity index (χ1v) is 7.25. The highest BCUT2D eigenvalue weighted by molar-refractivity contribution is 6.35. The van der Waals surface area contributed by atoms with E-state index in [0.717, 1.165) is 23.5 Å². The molecule has 0 aliphatic heterocycles. The van der Waals surface area contributed by atoms with Gasteiger partial charge in [0.05, 0.1) is 13.2 Å². The van der Waals surface area contributed by atoms with Crippen molar-refractivity contribution in [3.05, 3.63) is 58.1 Å². The molecular formula is C16H16Cl2O2. The zero-order valence-corrected chi connectivity index (χ0v) is 12.7. The van der Waals surface area contributed by atoms with Crippen molar-refractivity contribution >= 4 is 23.2 Å². The highest BCUT2D eigenvalue weighted by Gasteiger charge is 2.05. The van der Waals surface area contributed by atoms with E-state index in [0.29, 0.717) is 23.3 Å². The summed E-state index contributed by atoms with van der Waals surface area (Å²) in [6.45, 7) is 3.10. The Morgan fingerprint density at radius 2 is 1.65 bits per heavy atom. The second kappa shape index (κ2) is 7.41. The molecule has 0 aliphatic carbocycles. The number of halogens is 2. The Kier molecular flexibility index (Phi) is 5.57. The predicted molar refractivity (Wildman–Crippen MR) is 83.3 cm³/mol. The minimum Gasteiger partial charge on any atom is -0.490 e. The molecule has 0 saturated carbocycles. The molecule has 2 aromatic carbocycles. The van der Waals surface area contributed by atoms with Crippen LogP contribution < -0.4 is 9.47 Å². The van der Waals surface area contributed by atoms with Gasteiger partial charge < -0.3 is 9.47 Å². The summed E-state index contributed by atoms with van der Waals surface area (Å²) in [6, 6.07) is 13.1. The maximum atomic E-state index is 6.13. The molecule has 0 fully saturated rings. The van der Waals surface area contributed by atoms with E-state index in [2.05, 4.69) is 0 Å². The van der Waals surface area contributed by atoms with Crippen molar-refractivity contribution in [3.63, 3.8) is 0 Å². The summed E-state index contributed by atoms with van der Waals surface area (Å²) < 4.78 is 11.3. The van der Waals surface area contributed by atoms with Gasteiger partial charge in [0, 0.05) is 16.5 Å². The molecule has 0 heterocycles. The van der Waals surface area contributed by atoms with Gasteiger partial charge in [0.25, 0.3) is 0 Å². The Hall–Kier alpha value is -1.38. The summed E-state index contributed by atoms with van der Waals surface area (Å²) >= 11 is 12.0. The Labute approximate surface area is 129 Å². The third-order valence-electron chi connectivity index (χ3n) is 2.79. The van der Waals surface area contributed by atoms with Crippen molar-refractivity contribution in [2.24, 2.45) is 0 Å². The van der Waals surface area contributed by atoms with Crippen LogP contribution in [0.2, 0.25) is 10.0 Å². The number of para-hydroxylation sites is 2. The van der Waals surface area contributed by atoms with E-state index in [9.17, 15) is 0 Å². The van der Waals surface area contributed by atoms with Crippen molar-refractivity contribution in [2.75, 3.05) is 13.2 Å². The van der Waals surface area contributed by atoms with Crippen molar-refractivity contribution in [1.29, 1.82) is 0 Å². The van der Waals surface area contributed by atoms with Crippen LogP contribution >= 0.6 is 23.2 Å². The number of benzene rings is 2. The predicted octanol–water partition coefficient (Wildman–Crippen LogP) is 5.01. The van der Waals surface area contributed by atoms with Crippen molar-refractivity contribution in [2.45, 2.75) is 13.3 Å². The van der Waals surface area contributed by atoms with Gasteiger partial charge in [-0.15, -0.1) is 0 Å². The molecule has 2 rings (SSSR count). The summed E-state index contributed by atoms with van der Waals surface area (Å²) in [5.74, 6) is 1.51. The second-order valence-electron chi connectivity index (χ2n) is 4.21. The summed E-state index contributed by atoms with van der Waals surface area (Å²) in [6.07, 6.45) is 0.719. The standard InChI is InChI=1S/C16H16Cl2O2/c1-2-19-15-5-3-4-6-16(15)20-10-9-12-7-8-13(17)11-14(12)18/h3-8,11H,2,9-10H2,1H3. The molecule has 0 amide bonds. The Morgan fingerprint density at radius 3 is 2.30 bits per heavy atom. The van der Waals surface area contributed by atoms with E-state index < -0.39 is 0 Å². The van der Waals surface area contributed by atoms with Gasteiger partial charge in [-0.3, -0.25) is 0 Å². The fourth-order valence-corrected chi connectivity index (χ4v) is 2.34. The molecule has 0 spiro atoms. The van der Waals surface area contributed by atoms with Crippen LogP contribution in [-0.4, -0.2) is 13.2 Å². The van der Waals surface area contributed by atoms with Crippen LogP contribution in [0, 0.1) is 0 Å². The lowest BCUT2D eigenvalue weighted by Gasteiger charge is -2.12. The van der Waals surface area contributed by atoms with Gasteiger partial charge in [-0.1, -0.05) is 41.4 Å². The Morgan fingerprint density at radius 1 is 0.950 bits per heavy atom. The molecule has 0 aromatic heterocycles. The van der Waals surface area contributed by atoms with Crippen LogP contribution in [0.1, 0.15) is 12.5 Å². The van der Waals surface area contributed by atoms with Crippen LogP contribution in [-0.2, 0) is 6.42 Å². The maximum absolute atomic E-state index is 6.13. The van der Waals surface area contributed by atoms with E-state index in [1.165, 1.54) is 0 Å². The highest BCUT2D eigenvalue weighted by Crippen LogP contribution is 2.27. The molecule has 20 heavy (non-hydrogen) atoms. The van der Waals surface area contributed by atoms with Crippen LogP contribution in [0.5, 0.6) is 11.5 Å². The van der Waals surface area contributed by atoms with Gasteiger partial charge in [-0.2, -0.15) is 0 Å². The molecule has 0 aliphatic rings. The molecule has 2 nitrogen and oxygen atoms in total. The highest BCUT2D eigenvalue weighted by atomic mass is 35.5. The van der Waals surface area contributed by atoms with Gasteiger partial charge >= 0.3 is 0 Å². The molecule has 0 radical (unpaired) electrons. The average molecular weight is 311 g/mol. The SMILES string of the molecule is CCOc1ccccc1OCCc1ccc(Cl)cc1Cl. The van der Waals surface area contributed by atoms with Gasteiger partial charge in [0.2, 0.25) is 0 Å². The third kappa shape index (κ3) is 4.06. The van der Waals surface area contributed by atoms with E-state index in [1.54, 1.807) is 6.07 Å². The first-order valence-electron chi connectivity index (χ1n) is 6.49. The Bertz CT molecular complexity index is 570. The normalized spacial score (nSPS) is 10.3. The van der Waals surface area contributed by atoms with Gasteiger partial charge in [0.15, 0.2) is 11.5 Å². The summed E-state index contributed by atoms with van der Waals surface area (Å²) in [4.78, 5) is 0. The molecule has 0 atom stereocenters. The van der Waals surface area contributed by atoms with Gasteiger partial charge in [-0.05, 0) is 36.8 Å². The summed E-state index contributed by atoms with van der Waals surface area (Å²) in [7, 11) is 0. The first kappa shape index (κ1) is 15.0. The lowest BCUT2D eigenvalue weighted by molar-refractivity contribution is 0.279. The van der Waals surface area contributed by atoms with Gasteiger partial charge in [-0.25, -0.2) is 0 Å². The molecule has 0 unspecified atom stereocenters. The quantitative estimate of drug-likeness (QED) is 0.746. The zero-order chi connectivity index (χ0) is 14.4. The minimum absolute atomic E-state index is 0.533. The average Bonchev–Trinajstić information content (AvgIpc) is 2.43. The molecule has 0 saturated heterocycles. The fraction of sp³-hybridized carbons (Fsp3) is 0.250. The van der Waals surface area contributed by atoms with E-state index in [1.807, 2.05) is 43.3 Å². The van der Waals surface area contributed by atoms with E-state index >= 15 is 0 Å². The first-order chi connectivity index (χ1) is 9.70. The van der Waals surface area contributed by atoms with Crippen LogP contribution in [0.15, 0.2) is 42.5 Å². The Balaban J connectivity index is 1.96. The molecule has 106 valence electrons. The number of hydrogen-bond acceptors (Lipinski definition) is 2. The largest absolute Gasteiger partial charge is 0.490 e. The topological polar surface area (TPSA) is 18.5 Å². The molecule has 2 aromatic rings. The van der Waals surface area contributed by atoms with Crippen molar-refractivity contribution < 1.29 is 9.47 Å². The summed E-state index contributed by atoms with van der Waals surface area (Å²) in [5.41, 5.74) is 1.02. The van der Waals surface area contributed by atoms with Crippen molar-refractivity contribution in [1.82, 2.24) is 0 Å². The molecular weight excluding hydrogens is 295 g/mol. The smallest absolute Gasteiger partial charge is 0.161 e. The van der Waals surface area contributed by atoms with Crippen LogP contribution in [0.4, 0.5) is 0 Å². The number of rotatable bonds is 6. The number of hydrogen-bond donors (Lipinski definition) is 0. The fourth-order valence-electron chi connectivity index (χ4n) is 1.84. The lowest BCUT2D eigenvalue weighted by Crippen LogP contribution is -2.03. The molecule has 0 bridgehead atoms. The third-order valence-corrected chi connectivity index (χ3v) is 3.38. The van der Waals surface area contributed by atoms with Crippen molar-refractivity contribution in [3.8, 4) is 11.5 Å². The molecule has 0 N–H and O–H groups in total. The summed E-state index contributed by atoms with van der Waals surface area (Å²) in [5, 5.41) is 1.31. The number of ether oxygens (including phenoxy) is 2. The van der Waals surface area contributed by atoms with Crippen LogP contribution in [0.25, 0.3) is 0 Å². The molecule has 4 heteroatoms. The van der Waals surface area contributed by atoms with E-state index in [-0.39, 0.29) is 0 Å². The zero-order valence-electron chi connectivity index (χ0n) is 11.2. The maximum Gasteiger partial charge on any atom is 0.161 e.